The van der Waals surface area contributed by atoms with Crippen LogP contribution in [0.25, 0.3) is 0 Å². The van der Waals surface area contributed by atoms with Gasteiger partial charge in [-0.25, -0.2) is 0 Å². The van der Waals surface area contributed by atoms with Crippen molar-refractivity contribution >= 4 is 12.4 Å². The molecule has 1 spiro atoms. The molecule has 4 rings (SSSR count). The molecular formula is C19H22ClNO3. The van der Waals surface area contributed by atoms with E-state index in [1.807, 2.05) is 18.5 Å². The first-order valence-electron chi connectivity index (χ1n) is 8.26. The molecule has 24 heavy (non-hydrogen) atoms. The van der Waals surface area contributed by atoms with Crippen LogP contribution < -0.4 is 14.2 Å². The second-order valence-corrected chi connectivity index (χ2v) is 6.26. The molecule has 0 bridgehead atoms. The first-order chi connectivity index (χ1) is 11.3. The first-order valence-corrected chi connectivity index (χ1v) is 8.26. The maximum atomic E-state index is 6.30. The molecular weight excluding hydrogens is 326 g/mol. The van der Waals surface area contributed by atoms with Gasteiger partial charge in [-0.15, -0.1) is 12.4 Å². The van der Waals surface area contributed by atoms with Crippen LogP contribution in [0.4, 0.5) is 0 Å². The van der Waals surface area contributed by atoms with Crippen molar-refractivity contribution in [2.45, 2.75) is 44.3 Å². The predicted molar refractivity (Wildman–Crippen MR) is 94.3 cm³/mol. The summed E-state index contributed by atoms with van der Waals surface area (Å²) in [5.41, 5.74) is 2.46. The van der Waals surface area contributed by atoms with Gasteiger partial charge in [-0.2, -0.15) is 0 Å². The van der Waals surface area contributed by atoms with E-state index in [9.17, 15) is 0 Å². The van der Waals surface area contributed by atoms with Crippen molar-refractivity contribution in [3.8, 4) is 17.2 Å². The molecule has 0 amide bonds. The summed E-state index contributed by atoms with van der Waals surface area (Å²) in [5, 5.41) is 0. The van der Waals surface area contributed by atoms with Crippen LogP contribution in [0.5, 0.6) is 17.2 Å². The van der Waals surface area contributed by atoms with E-state index in [0.717, 1.165) is 55.8 Å². The molecule has 1 aliphatic heterocycles. The van der Waals surface area contributed by atoms with Gasteiger partial charge in [0.2, 0.25) is 5.75 Å². The second kappa shape index (κ2) is 6.89. The number of hydrogen-bond donors (Lipinski definition) is 0. The summed E-state index contributed by atoms with van der Waals surface area (Å²) in [4.78, 5) is 4.07. The average molecular weight is 348 g/mol. The minimum Gasteiger partial charge on any atom is -0.493 e. The number of nitrogens with zero attached hydrogens (tertiary/aromatic N) is 1. The predicted octanol–water partition coefficient (Wildman–Crippen LogP) is 4.34. The number of ether oxygens (including phenoxy) is 3. The van der Waals surface area contributed by atoms with Gasteiger partial charge in [-0.3, -0.25) is 4.98 Å². The van der Waals surface area contributed by atoms with Crippen LogP contribution in [-0.2, 0) is 12.8 Å². The van der Waals surface area contributed by atoms with Crippen molar-refractivity contribution in [2.24, 2.45) is 0 Å². The number of methoxy groups -OCH3 is 1. The molecule has 1 saturated carbocycles. The zero-order valence-corrected chi connectivity index (χ0v) is 14.6. The van der Waals surface area contributed by atoms with E-state index < -0.39 is 5.79 Å². The fourth-order valence-electron chi connectivity index (χ4n) is 3.49. The molecule has 0 N–H and O–H groups in total. The van der Waals surface area contributed by atoms with Gasteiger partial charge in [0.1, 0.15) is 0 Å². The van der Waals surface area contributed by atoms with Crippen molar-refractivity contribution in [3.63, 3.8) is 0 Å². The van der Waals surface area contributed by atoms with Gasteiger partial charge in [-0.05, 0) is 55.0 Å². The number of rotatable bonds is 4. The van der Waals surface area contributed by atoms with Crippen LogP contribution in [0.3, 0.4) is 0 Å². The van der Waals surface area contributed by atoms with Crippen LogP contribution in [0.15, 0.2) is 36.7 Å². The number of aryl methyl sites for hydroxylation is 2. The highest BCUT2D eigenvalue weighted by molar-refractivity contribution is 5.85. The van der Waals surface area contributed by atoms with Crippen molar-refractivity contribution in [1.29, 1.82) is 0 Å². The van der Waals surface area contributed by atoms with E-state index >= 15 is 0 Å². The molecule has 128 valence electrons. The average Bonchev–Trinajstić information content (AvgIpc) is 3.20. The molecule has 0 saturated heterocycles. The van der Waals surface area contributed by atoms with Gasteiger partial charge in [-0.1, -0.05) is 6.07 Å². The lowest BCUT2D eigenvalue weighted by Crippen LogP contribution is -2.34. The summed E-state index contributed by atoms with van der Waals surface area (Å²) in [6.07, 6.45) is 9.75. The normalized spacial score (nSPS) is 16.9. The molecule has 1 fully saturated rings. The lowest BCUT2D eigenvalue weighted by Gasteiger charge is -2.21. The molecule has 1 aromatic carbocycles. The lowest BCUT2D eigenvalue weighted by atomic mass is 10.0. The highest BCUT2D eigenvalue weighted by Gasteiger charge is 2.46. The Balaban J connectivity index is 0.00000169. The van der Waals surface area contributed by atoms with Crippen molar-refractivity contribution < 1.29 is 14.2 Å². The Hall–Kier alpha value is -1.94. The van der Waals surface area contributed by atoms with Crippen molar-refractivity contribution in [3.05, 3.63) is 47.8 Å². The summed E-state index contributed by atoms with van der Waals surface area (Å²) in [6, 6.07) is 8.19. The van der Waals surface area contributed by atoms with E-state index in [4.69, 9.17) is 14.2 Å². The highest BCUT2D eigenvalue weighted by atomic mass is 35.5. The Kier molecular flexibility index (Phi) is 4.86. The first kappa shape index (κ1) is 16.9. The second-order valence-electron chi connectivity index (χ2n) is 6.26. The molecule has 2 aromatic rings. The standard InChI is InChI=1S/C19H21NO3.ClH/c1-21-16-7-6-15(5-4-14-8-12-20-13-9-14)17-18(16)23-19(22-17)10-2-3-11-19;/h6-9,12-13H,2-5,10-11H2,1H3;1H. The third kappa shape index (κ3) is 3.03. The van der Waals surface area contributed by atoms with Gasteiger partial charge >= 0.3 is 0 Å². The fourth-order valence-corrected chi connectivity index (χ4v) is 3.49. The van der Waals surface area contributed by atoms with Gasteiger partial charge in [0.05, 0.1) is 7.11 Å². The molecule has 1 aromatic heterocycles. The number of fused-ring (bicyclic) bond motifs is 1. The van der Waals surface area contributed by atoms with Crippen LogP contribution in [0, 0.1) is 0 Å². The number of aromatic nitrogens is 1. The largest absolute Gasteiger partial charge is 0.493 e. The van der Waals surface area contributed by atoms with E-state index in [-0.39, 0.29) is 12.4 Å². The summed E-state index contributed by atoms with van der Waals surface area (Å²) in [5.74, 6) is 1.96. The Morgan fingerprint density at radius 2 is 1.71 bits per heavy atom. The van der Waals surface area contributed by atoms with Gasteiger partial charge < -0.3 is 14.2 Å². The maximum absolute atomic E-state index is 6.30. The van der Waals surface area contributed by atoms with Crippen LogP contribution in [0.1, 0.15) is 36.8 Å². The van der Waals surface area contributed by atoms with Crippen LogP contribution in [-0.4, -0.2) is 17.9 Å². The van der Waals surface area contributed by atoms with Gasteiger partial charge in [0.25, 0.3) is 5.79 Å². The van der Waals surface area contributed by atoms with E-state index in [0.29, 0.717) is 0 Å². The number of benzene rings is 1. The SMILES string of the molecule is COc1ccc(CCc2ccncc2)c2c1OC1(CCCC1)O2.Cl. The summed E-state index contributed by atoms with van der Waals surface area (Å²) in [6.45, 7) is 0. The lowest BCUT2D eigenvalue weighted by molar-refractivity contribution is -0.0726. The third-order valence-electron chi connectivity index (χ3n) is 4.75. The Morgan fingerprint density at radius 3 is 2.42 bits per heavy atom. The highest BCUT2D eigenvalue weighted by Crippen LogP contribution is 2.52. The molecule has 2 heterocycles. The van der Waals surface area contributed by atoms with Crippen LogP contribution in [0.2, 0.25) is 0 Å². The van der Waals surface area contributed by atoms with E-state index in [1.165, 1.54) is 11.1 Å². The zero-order valence-electron chi connectivity index (χ0n) is 13.8. The zero-order chi connectivity index (χ0) is 15.7. The van der Waals surface area contributed by atoms with Crippen molar-refractivity contribution in [2.75, 3.05) is 7.11 Å². The quantitative estimate of drug-likeness (QED) is 0.825. The number of hydrogen-bond acceptors (Lipinski definition) is 4. The minimum atomic E-state index is -0.456. The summed E-state index contributed by atoms with van der Waals surface area (Å²) >= 11 is 0. The van der Waals surface area contributed by atoms with Gasteiger partial charge in [0, 0.05) is 25.2 Å². The number of halogens is 1. The third-order valence-corrected chi connectivity index (χ3v) is 4.75. The Morgan fingerprint density at radius 1 is 1.00 bits per heavy atom. The maximum Gasteiger partial charge on any atom is 0.251 e. The fraction of sp³-hybridized carbons (Fsp3) is 0.421. The summed E-state index contributed by atoms with van der Waals surface area (Å²) < 4.78 is 18.0. The summed E-state index contributed by atoms with van der Waals surface area (Å²) in [7, 11) is 1.68. The van der Waals surface area contributed by atoms with Crippen molar-refractivity contribution in [1.82, 2.24) is 4.98 Å². The molecule has 0 unspecified atom stereocenters. The monoisotopic (exact) mass is 347 g/mol. The van der Waals surface area contributed by atoms with E-state index in [1.54, 1.807) is 7.11 Å². The number of pyridine rings is 1. The minimum absolute atomic E-state index is 0. The van der Waals surface area contributed by atoms with Crippen LogP contribution >= 0.6 is 12.4 Å². The smallest absolute Gasteiger partial charge is 0.251 e. The van der Waals surface area contributed by atoms with E-state index in [2.05, 4.69) is 23.2 Å². The molecule has 0 atom stereocenters. The molecule has 4 nitrogen and oxygen atoms in total. The Bertz CT molecular complexity index is 699. The molecule has 2 aliphatic rings. The molecule has 0 radical (unpaired) electrons. The molecule has 5 heteroatoms. The van der Waals surface area contributed by atoms with Gasteiger partial charge in [0.15, 0.2) is 11.5 Å². The Labute approximate surface area is 148 Å². The molecule has 1 aliphatic carbocycles. The topological polar surface area (TPSA) is 40.6 Å².